The second kappa shape index (κ2) is 3.88. The van der Waals surface area contributed by atoms with Crippen molar-refractivity contribution in [3.05, 3.63) is 32.4 Å². The lowest BCUT2D eigenvalue weighted by molar-refractivity contribution is 0.101. The topological polar surface area (TPSA) is 40.9 Å². The highest BCUT2D eigenvalue weighted by Crippen LogP contribution is 2.18. The van der Waals surface area contributed by atoms with E-state index in [-0.39, 0.29) is 5.78 Å². The molecule has 2 nitrogen and oxygen atoms in total. The minimum atomic E-state index is -0.0607. The van der Waals surface area contributed by atoms with E-state index in [0.717, 1.165) is 9.13 Å². The zero-order chi connectivity index (χ0) is 10.0. The van der Waals surface area contributed by atoms with Crippen molar-refractivity contribution in [2.75, 3.05) is 0 Å². The molecule has 0 heterocycles. The highest BCUT2D eigenvalue weighted by molar-refractivity contribution is 14.1. The number of benzene rings is 1. The second-order valence-electron chi connectivity index (χ2n) is 2.81. The number of Topliss-reactive ketones (excluding diaryl/α,β-unsaturated/α-hetero) is 1. The maximum Gasteiger partial charge on any atom is 0.161 e. The van der Waals surface area contributed by atoms with Crippen LogP contribution in [0.4, 0.5) is 0 Å². The highest BCUT2D eigenvalue weighted by atomic mass is 127. The van der Waals surface area contributed by atoms with Crippen molar-refractivity contribution in [2.24, 2.45) is 0 Å². The molecule has 3 heteroatoms. The number of halogens is 1. The Morgan fingerprint density at radius 3 is 2.62 bits per heavy atom. The molecule has 1 aromatic carbocycles. The molecule has 0 aliphatic heterocycles. The number of nitrogens with zero attached hydrogens (tertiary/aromatic N) is 1. The van der Waals surface area contributed by atoms with Gasteiger partial charge in [0.1, 0.15) is 0 Å². The van der Waals surface area contributed by atoms with Gasteiger partial charge >= 0.3 is 0 Å². The van der Waals surface area contributed by atoms with Crippen molar-refractivity contribution < 1.29 is 4.79 Å². The molecule has 0 aliphatic rings. The second-order valence-corrected chi connectivity index (χ2v) is 3.98. The van der Waals surface area contributed by atoms with E-state index < -0.39 is 0 Å². The van der Waals surface area contributed by atoms with E-state index in [4.69, 9.17) is 5.26 Å². The van der Waals surface area contributed by atoms with Gasteiger partial charge in [0, 0.05) is 9.13 Å². The fraction of sp³-hybridized carbons (Fsp3) is 0.200. The third-order valence-corrected chi connectivity index (χ3v) is 2.96. The van der Waals surface area contributed by atoms with Crippen LogP contribution in [-0.2, 0) is 0 Å². The van der Waals surface area contributed by atoms with E-state index >= 15 is 0 Å². The molecule has 0 fully saturated rings. The number of rotatable bonds is 1. The Labute approximate surface area is 90.7 Å². The summed E-state index contributed by atoms with van der Waals surface area (Å²) < 4.78 is 1.02. The average molecular weight is 285 g/mol. The van der Waals surface area contributed by atoms with E-state index in [2.05, 4.69) is 22.6 Å². The number of carbonyl (C=O) groups excluding carboxylic acids is 1. The van der Waals surface area contributed by atoms with E-state index in [0.29, 0.717) is 11.1 Å². The van der Waals surface area contributed by atoms with Gasteiger partial charge in [-0.1, -0.05) is 0 Å². The van der Waals surface area contributed by atoms with E-state index in [1.54, 1.807) is 12.1 Å². The summed E-state index contributed by atoms with van der Waals surface area (Å²) in [7, 11) is 0. The van der Waals surface area contributed by atoms with Gasteiger partial charge in [-0.15, -0.1) is 0 Å². The Kier molecular flexibility index (Phi) is 3.04. The summed E-state index contributed by atoms with van der Waals surface area (Å²) >= 11 is 2.15. The minimum Gasteiger partial charge on any atom is -0.294 e. The molecule has 13 heavy (non-hydrogen) atoms. The van der Waals surface area contributed by atoms with Crippen LogP contribution < -0.4 is 0 Å². The largest absolute Gasteiger partial charge is 0.294 e. The van der Waals surface area contributed by atoms with Crippen molar-refractivity contribution in [2.45, 2.75) is 13.8 Å². The number of ketones is 1. The van der Waals surface area contributed by atoms with Crippen LogP contribution in [0.3, 0.4) is 0 Å². The van der Waals surface area contributed by atoms with Gasteiger partial charge < -0.3 is 0 Å². The predicted molar refractivity (Wildman–Crippen MR) is 58.6 cm³/mol. The van der Waals surface area contributed by atoms with Gasteiger partial charge in [-0.25, -0.2) is 0 Å². The molecule has 0 aromatic heterocycles. The first kappa shape index (κ1) is 10.2. The first-order chi connectivity index (χ1) is 6.06. The first-order valence-electron chi connectivity index (χ1n) is 3.77. The summed E-state index contributed by atoms with van der Waals surface area (Å²) in [6.07, 6.45) is 0. The van der Waals surface area contributed by atoms with Crippen LogP contribution >= 0.6 is 22.6 Å². The molecule has 1 rings (SSSR count). The molecule has 66 valence electrons. The van der Waals surface area contributed by atoms with Crippen LogP contribution in [0.2, 0.25) is 0 Å². The zero-order valence-electron chi connectivity index (χ0n) is 7.39. The summed E-state index contributed by atoms with van der Waals surface area (Å²) in [6.45, 7) is 3.40. The third-order valence-electron chi connectivity index (χ3n) is 1.80. The molecule has 0 atom stereocenters. The first-order valence-corrected chi connectivity index (χ1v) is 4.85. The van der Waals surface area contributed by atoms with Crippen LogP contribution in [0.25, 0.3) is 0 Å². The van der Waals surface area contributed by atoms with Crippen LogP contribution in [0, 0.1) is 21.8 Å². The zero-order valence-corrected chi connectivity index (χ0v) is 9.55. The van der Waals surface area contributed by atoms with Crippen molar-refractivity contribution in [3.8, 4) is 6.07 Å². The SMILES string of the molecule is CC(=O)c1cc(I)c(C)cc1C#N. The molecule has 0 N–H and O–H groups in total. The maximum atomic E-state index is 11.1. The van der Waals surface area contributed by atoms with Crippen molar-refractivity contribution in [1.82, 2.24) is 0 Å². The number of hydrogen-bond donors (Lipinski definition) is 0. The molecule has 0 aliphatic carbocycles. The lowest BCUT2D eigenvalue weighted by Gasteiger charge is -2.03. The summed E-state index contributed by atoms with van der Waals surface area (Å²) in [5.41, 5.74) is 2.00. The average Bonchev–Trinajstić information content (AvgIpc) is 2.08. The summed E-state index contributed by atoms with van der Waals surface area (Å²) in [5.74, 6) is -0.0607. The normalized spacial score (nSPS) is 9.38. The molecule has 0 saturated carbocycles. The molecule has 1 aromatic rings. The Hall–Kier alpha value is -0.890. The highest BCUT2D eigenvalue weighted by Gasteiger charge is 2.08. The number of nitriles is 1. The molecule has 0 unspecified atom stereocenters. The Morgan fingerprint density at radius 2 is 2.15 bits per heavy atom. The fourth-order valence-corrected chi connectivity index (χ4v) is 1.53. The van der Waals surface area contributed by atoms with Gasteiger partial charge in [0.05, 0.1) is 11.6 Å². The molecule has 0 bridgehead atoms. The van der Waals surface area contributed by atoms with Gasteiger partial charge in [0.15, 0.2) is 5.78 Å². The molecule has 0 saturated heterocycles. The minimum absolute atomic E-state index is 0.0607. The maximum absolute atomic E-state index is 11.1. The molecule has 0 amide bonds. The quantitative estimate of drug-likeness (QED) is 0.588. The Bertz CT molecular complexity index is 404. The van der Waals surface area contributed by atoms with Crippen molar-refractivity contribution >= 4 is 28.4 Å². The van der Waals surface area contributed by atoms with Gasteiger partial charge in [-0.2, -0.15) is 5.26 Å². The van der Waals surface area contributed by atoms with Crippen LogP contribution in [-0.4, -0.2) is 5.78 Å². The lowest BCUT2D eigenvalue weighted by atomic mass is 10.0. The standard InChI is InChI=1S/C10H8INO/c1-6-3-8(5-12)9(7(2)13)4-10(6)11/h3-4H,1-2H3. The van der Waals surface area contributed by atoms with Crippen molar-refractivity contribution in [3.63, 3.8) is 0 Å². The van der Waals surface area contributed by atoms with Crippen LogP contribution in [0.1, 0.15) is 28.4 Å². The fourth-order valence-electron chi connectivity index (χ4n) is 1.07. The van der Waals surface area contributed by atoms with Crippen molar-refractivity contribution in [1.29, 1.82) is 5.26 Å². The lowest BCUT2D eigenvalue weighted by Crippen LogP contribution is -1.98. The van der Waals surface area contributed by atoms with Gasteiger partial charge in [0.25, 0.3) is 0 Å². The Morgan fingerprint density at radius 1 is 1.54 bits per heavy atom. The Balaban J connectivity index is 3.44. The smallest absolute Gasteiger partial charge is 0.161 e. The van der Waals surface area contributed by atoms with E-state index in [1.807, 2.05) is 13.0 Å². The summed E-state index contributed by atoms with van der Waals surface area (Å²) in [4.78, 5) is 11.1. The van der Waals surface area contributed by atoms with E-state index in [1.165, 1.54) is 6.92 Å². The summed E-state index contributed by atoms with van der Waals surface area (Å²) in [6, 6.07) is 5.53. The van der Waals surface area contributed by atoms with Gasteiger partial charge in [-0.3, -0.25) is 4.79 Å². The predicted octanol–water partition coefficient (Wildman–Crippen LogP) is 2.67. The molecule has 0 spiro atoms. The number of hydrogen-bond acceptors (Lipinski definition) is 2. The van der Waals surface area contributed by atoms with Gasteiger partial charge in [-0.05, 0) is 54.1 Å². The molecular formula is C10H8INO. The molecular weight excluding hydrogens is 277 g/mol. The third kappa shape index (κ3) is 2.07. The number of aryl methyl sites for hydroxylation is 1. The van der Waals surface area contributed by atoms with Crippen LogP contribution in [0.5, 0.6) is 0 Å². The number of carbonyl (C=O) groups is 1. The van der Waals surface area contributed by atoms with Crippen LogP contribution in [0.15, 0.2) is 12.1 Å². The van der Waals surface area contributed by atoms with E-state index in [9.17, 15) is 4.79 Å². The van der Waals surface area contributed by atoms with Gasteiger partial charge in [0.2, 0.25) is 0 Å². The summed E-state index contributed by atoms with van der Waals surface area (Å²) in [5, 5.41) is 8.78. The monoisotopic (exact) mass is 285 g/mol. The molecule has 0 radical (unpaired) electrons.